The molecule has 0 radical (unpaired) electrons. The van der Waals surface area contributed by atoms with Crippen LogP contribution in [0.3, 0.4) is 0 Å². The Bertz CT molecular complexity index is 473. The summed E-state index contributed by atoms with van der Waals surface area (Å²) in [7, 11) is 1.63. The summed E-state index contributed by atoms with van der Waals surface area (Å²) in [5.74, 6) is -0.106. The predicted molar refractivity (Wildman–Crippen MR) is 84.6 cm³/mol. The number of ether oxygens (including phenoxy) is 1. The van der Waals surface area contributed by atoms with Gasteiger partial charge >= 0.3 is 0 Å². The molecule has 0 aromatic heterocycles. The van der Waals surface area contributed by atoms with E-state index in [1.165, 1.54) is 0 Å². The number of carbonyl (C=O) groups excluding carboxylic acids is 1. The third-order valence-electron chi connectivity index (χ3n) is 3.59. The van der Waals surface area contributed by atoms with Gasteiger partial charge < -0.3 is 21.1 Å². The molecule has 1 aliphatic heterocycles. The summed E-state index contributed by atoms with van der Waals surface area (Å²) in [5, 5.41) is 5.95. The predicted octanol–water partition coefficient (Wildman–Crippen LogP) is 0.763. The summed E-state index contributed by atoms with van der Waals surface area (Å²) < 4.78 is 5.33. The van der Waals surface area contributed by atoms with Gasteiger partial charge in [-0.3, -0.25) is 9.69 Å². The number of nitrogens with one attached hydrogen (secondary N) is 2. The number of carbonyl (C=O) groups is 1. The number of amides is 1. The van der Waals surface area contributed by atoms with Crippen LogP contribution in [0.4, 0.5) is 11.4 Å². The van der Waals surface area contributed by atoms with Gasteiger partial charge in [-0.2, -0.15) is 0 Å². The van der Waals surface area contributed by atoms with E-state index < -0.39 is 0 Å². The third-order valence-corrected chi connectivity index (χ3v) is 3.59. The second-order valence-corrected chi connectivity index (χ2v) is 5.12. The molecule has 1 aliphatic rings. The summed E-state index contributed by atoms with van der Waals surface area (Å²) in [6, 6.07) is 5.29. The van der Waals surface area contributed by atoms with Crippen molar-refractivity contribution in [2.45, 2.75) is 6.42 Å². The minimum atomic E-state index is -0.106. The largest absolute Gasteiger partial charge is 0.399 e. The molecule has 6 heteroatoms. The number of hydrogen-bond donors (Lipinski definition) is 3. The summed E-state index contributed by atoms with van der Waals surface area (Å²) in [6.07, 6.45) is 1.02. The van der Waals surface area contributed by atoms with E-state index in [-0.39, 0.29) is 5.91 Å². The van der Waals surface area contributed by atoms with Crippen LogP contribution in [0.25, 0.3) is 0 Å². The lowest BCUT2D eigenvalue weighted by Crippen LogP contribution is -2.37. The van der Waals surface area contributed by atoms with E-state index >= 15 is 0 Å². The van der Waals surface area contributed by atoms with Crippen LogP contribution in [0, 0.1) is 0 Å². The van der Waals surface area contributed by atoms with E-state index in [2.05, 4.69) is 15.5 Å². The fourth-order valence-electron chi connectivity index (χ4n) is 2.39. The Morgan fingerprint density at radius 3 is 2.86 bits per heavy atom. The molecule has 6 nitrogen and oxygen atoms in total. The number of nitrogens with two attached hydrogens (primary N) is 1. The smallest absolute Gasteiger partial charge is 0.253 e. The number of rotatable bonds is 6. The van der Waals surface area contributed by atoms with Gasteiger partial charge in [-0.15, -0.1) is 0 Å². The second kappa shape index (κ2) is 7.85. The molecule has 0 spiro atoms. The molecule has 1 fully saturated rings. The standard InChI is InChI=1S/C15H24N4O2/c1-17-15(20)13-4-3-12(16)11-14(13)18-5-2-6-19-7-9-21-10-8-19/h3-4,11,18H,2,5-10,16H2,1H3,(H,17,20). The fraction of sp³-hybridized carbons (Fsp3) is 0.533. The zero-order valence-electron chi connectivity index (χ0n) is 12.5. The van der Waals surface area contributed by atoms with Gasteiger partial charge in [-0.1, -0.05) is 0 Å². The number of morpholine rings is 1. The number of benzene rings is 1. The Morgan fingerprint density at radius 1 is 1.38 bits per heavy atom. The van der Waals surface area contributed by atoms with Crippen LogP contribution < -0.4 is 16.4 Å². The van der Waals surface area contributed by atoms with Crippen LogP contribution in [-0.2, 0) is 4.74 Å². The molecule has 0 unspecified atom stereocenters. The molecule has 1 aromatic rings. The zero-order chi connectivity index (χ0) is 15.1. The first-order valence-electron chi connectivity index (χ1n) is 7.36. The van der Waals surface area contributed by atoms with Crippen LogP contribution in [0.15, 0.2) is 18.2 Å². The van der Waals surface area contributed by atoms with Crippen molar-refractivity contribution in [3.05, 3.63) is 23.8 Å². The van der Waals surface area contributed by atoms with Gasteiger partial charge in [0.05, 0.1) is 18.8 Å². The van der Waals surface area contributed by atoms with E-state index in [4.69, 9.17) is 10.5 Å². The summed E-state index contributed by atoms with van der Waals surface area (Å²) in [5.41, 5.74) is 7.86. The summed E-state index contributed by atoms with van der Waals surface area (Å²) >= 11 is 0. The van der Waals surface area contributed by atoms with E-state index in [9.17, 15) is 4.79 Å². The van der Waals surface area contributed by atoms with Crippen molar-refractivity contribution in [2.75, 3.05) is 57.5 Å². The Morgan fingerprint density at radius 2 is 2.14 bits per heavy atom. The van der Waals surface area contributed by atoms with Crippen molar-refractivity contribution in [1.82, 2.24) is 10.2 Å². The van der Waals surface area contributed by atoms with Crippen molar-refractivity contribution in [3.63, 3.8) is 0 Å². The van der Waals surface area contributed by atoms with E-state index in [1.807, 2.05) is 0 Å². The van der Waals surface area contributed by atoms with Crippen LogP contribution in [-0.4, -0.2) is 57.2 Å². The fourth-order valence-corrected chi connectivity index (χ4v) is 2.39. The van der Waals surface area contributed by atoms with Crippen LogP contribution in [0.1, 0.15) is 16.8 Å². The topological polar surface area (TPSA) is 79.6 Å². The molecule has 1 amide bonds. The quantitative estimate of drug-likeness (QED) is 0.533. The van der Waals surface area contributed by atoms with Crippen LogP contribution >= 0.6 is 0 Å². The highest BCUT2D eigenvalue weighted by atomic mass is 16.5. The average Bonchev–Trinajstić information content (AvgIpc) is 2.52. The van der Waals surface area contributed by atoms with Crippen LogP contribution in [0.2, 0.25) is 0 Å². The van der Waals surface area contributed by atoms with Gasteiger partial charge in [-0.25, -0.2) is 0 Å². The van der Waals surface area contributed by atoms with Gasteiger partial charge in [0.2, 0.25) is 0 Å². The maximum absolute atomic E-state index is 11.8. The highest BCUT2D eigenvalue weighted by molar-refractivity contribution is 6.00. The van der Waals surface area contributed by atoms with Gasteiger partial charge in [0.1, 0.15) is 0 Å². The van der Waals surface area contributed by atoms with Crippen molar-refractivity contribution in [1.29, 1.82) is 0 Å². The molecule has 0 saturated carbocycles. The second-order valence-electron chi connectivity index (χ2n) is 5.12. The van der Waals surface area contributed by atoms with Crippen molar-refractivity contribution >= 4 is 17.3 Å². The first kappa shape index (κ1) is 15.6. The Kier molecular flexibility index (Phi) is 5.83. The Labute approximate surface area is 125 Å². The van der Waals surface area contributed by atoms with Gasteiger partial charge in [0.15, 0.2) is 0 Å². The Balaban J connectivity index is 1.84. The SMILES string of the molecule is CNC(=O)c1ccc(N)cc1NCCCN1CCOCC1. The van der Waals surface area contributed by atoms with E-state index in [0.29, 0.717) is 11.3 Å². The Hall–Kier alpha value is -1.79. The molecule has 0 aliphatic carbocycles. The van der Waals surface area contributed by atoms with Crippen molar-refractivity contribution < 1.29 is 9.53 Å². The maximum Gasteiger partial charge on any atom is 0.253 e. The molecule has 116 valence electrons. The molecule has 4 N–H and O–H groups in total. The highest BCUT2D eigenvalue weighted by Gasteiger charge is 2.11. The normalized spacial score (nSPS) is 15.7. The first-order chi connectivity index (χ1) is 10.2. The lowest BCUT2D eigenvalue weighted by Gasteiger charge is -2.26. The zero-order valence-corrected chi connectivity index (χ0v) is 12.5. The number of nitrogen functional groups attached to an aromatic ring is 1. The lowest BCUT2D eigenvalue weighted by atomic mass is 10.1. The highest BCUT2D eigenvalue weighted by Crippen LogP contribution is 2.19. The average molecular weight is 292 g/mol. The van der Waals surface area contributed by atoms with E-state index in [1.54, 1.807) is 25.2 Å². The molecule has 1 heterocycles. The minimum absolute atomic E-state index is 0.106. The number of hydrogen-bond acceptors (Lipinski definition) is 5. The van der Waals surface area contributed by atoms with Gasteiger partial charge in [0, 0.05) is 38.1 Å². The molecular weight excluding hydrogens is 268 g/mol. The van der Waals surface area contributed by atoms with Gasteiger partial charge in [-0.05, 0) is 31.2 Å². The van der Waals surface area contributed by atoms with Crippen molar-refractivity contribution in [2.24, 2.45) is 0 Å². The van der Waals surface area contributed by atoms with Crippen molar-refractivity contribution in [3.8, 4) is 0 Å². The maximum atomic E-state index is 11.8. The van der Waals surface area contributed by atoms with Gasteiger partial charge in [0.25, 0.3) is 5.91 Å². The lowest BCUT2D eigenvalue weighted by molar-refractivity contribution is 0.0378. The summed E-state index contributed by atoms with van der Waals surface area (Å²) in [6.45, 7) is 5.50. The molecular formula is C15H24N4O2. The molecule has 21 heavy (non-hydrogen) atoms. The summed E-state index contributed by atoms with van der Waals surface area (Å²) in [4.78, 5) is 14.2. The molecule has 1 aromatic carbocycles. The molecule has 0 atom stereocenters. The molecule has 2 rings (SSSR count). The van der Waals surface area contributed by atoms with E-state index in [0.717, 1.165) is 51.5 Å². The first-order valence-corrected chi connectivity index (χ1v) is 7.36. The molecule has 1 saturated heterocycles. The minimum Gasteiger partial charge on any atom is -0.399 e. The molecule has 0 bridgehead atoms. The third kappa shape index (κ3) is 4.61. The van der Waals surface area contributed by atoms with Crippen LogP contribution in [0.5, 0.6) is 0 Å². The number of anilines is 2. The number of nitrogens with zero attached hydrogens (tertiary/aromatic N) is 1. The monoisotopic (exact) mass is 292 g/mol.